The van der Waals surface area contributed by atoms with Crippen LogP contribution < -0.4 is 0 Å². The quantitative estimate of drug-likeness (QED) is 0.0550. The molecule has 9 N–H and O–H groups in total. The predicted molar refractivity (Wildman–Crippen MR) is 354 cm³/mol. The molecule has 5 aliphatic rings. The van der Waals surface area contributed by atoms with Gasteiger partial charge in [0.15, 0.2) is 0 Å². The molecule has 0 aliphatic carbocycles. The van der Waals surface area contributed by atoms with Gasteiger partial charge in [0.1, 0.15) is 12.2 Å². The van der Waals surface area contributed by atoms with E-state index in [-0.39, 0.29) is 111 Å². The van der Waals surface area contributed by atoms with Crippen molar-refractivity contribution in [3.05, 3.63) is 47.6 Å². The Labute approximate surface area is 557 Å². The van der Waals surface area contributed by atoms with Crippen molar-refractivity contribution in [2.45, 2.75) is 333 Å². The van der Waals surface area contributed by atoms with Crippen LogP contribution in [-0.2, 0) is 52.2 Å². The molecular weight excluding hydrogens is 1200 g/mol. The average Bonchev–Trinajstić information content (AvgIpc) is 1.53. The van der Waals surface area contributed by atoms with E-state index in [1.54, 1.807) is 81.9 Å². The second kappa shape index (κ2) is 39.7. The minimum atomic E-state index is -1.24. The van der Waals surface area contributed by atoms with Crippen LogP contribution in [0.2, 0.25) is 0 Å². The summed E-state index contributed by atoms with van der Waals surface area (Å²) in [6, 6.07) is 0. The third-order valence-electron chi connectivity index (χ3n) is 21.6. The number of aliphatic hydroxyl groups excluding tert-OH is 9. The predicted octanol–water partition coefficient (Wildman–Crippen LogP) is 8.34. The lowest BCUT2D eigenvalue weighted by atomic mass is 9.78. The first kappa shape index (κ1) is 80.9. The van der Waals surface area contributed by atoms with Crippen LogP contribution in [0.1, 0.15) is 199 Å². The number of hydrogen-bond donors (Lipinski definition) is 9. The summed E-state index contributed by atoms with van der Waals surface area (Å²) in [6.45, 7) is 21.7. The third kappa shape index (κ3) is 25.5. The molecule has 30 unspecified atom stereocenters. The fourth-order valence-electron chi connectivity index (χ4n) is 14.8. The molecule has 5 aliphatic heterocycles. The van der Waals surface area contributed by atoms with E-state index in [2.05, 4.69) is 0 Å². The van der Waals surface area contributed by atoms with Gasteiger partial charge in [0.25, 0.3) is 0 Å². The molecule has 0 aromatic rings. The molecule has 0 amide bonds. The maximum Gasteiger partial charge on any atom is 0.333 e. The monoisotopic (exact) mass is 1320 g/mol. The first-order valence-corrected chi connectivity index (χ1v) is 35.3. The highest BCUT2D eigenvalue weighted by molar-refractivity contribution is 5.88. The molecule has 0 aromatic heterocycles. The number of aliphatic hydroxyl groups is 9. The first-order valence-electron chi connectivity index (χ1n) is 35.3. The van der Waals surface area contributed by atoms with E-state index in [0.717, 1.165) is 25.7 Å². The van der Waals surface area contributed by atoms with E-state index in [0.29, 0.717) is 44.9 Å². The van der Waals surface area contributed by atoms with Crippen molar-refractivity contribution in [1.82, 2.24) is 0 Å². The molecule has 5 rings (SSSR count). The van der Waals surface area contributed by atoms with Crippen LogP contribution in [0.15, 0.2) is 47.6 Å². The normalized spacial score (nSPS) is 40.6. The van der Waals surface area contributed by atoms with Crippen molar-refractivity contribution in [1.29, 1.82) is 0 Å². The highest BCUT2D eigenvalue weighted by Crippen LogP contribution is 2.37. The summed E-state index contributed by atoms with van der Waals surface area (Å²) in [4.78, 5) is 28.3. The molecule has 0 radical (unpaired) electrons. The summed E-state index contributed by atoms with van der Waals surface area (Å²) in [5.74, 6) is -6.00. The number of carbonyl (C=O) groups is 2. The Kier molecular flexibility index (Phi) is 34.6. The van der Waals surface area contributed by atoms with Crippen LogP contribution in [0.3, 0.4) is 0 Å². The van der Waals surface area contributed by atoms with E-state index >= 15 is 0 Å². The molecule has 0 aromatic carbocycles. The minimum Gasteiger partial charge on any atom is -0.458 e. The zero-order valence-electron chi connectivity index (χ0n) is 59.0. The first-order chi connectivity index (χ1) is 43.9. The van der Waals surface area contributed by atoms with Crippen molar-refractivity contribution in [2.24, 2.45) is 47.3 Å². The van der Waals surface area contributed by atoms with E-state index in [1.165, 1.54) is 0 Å². The lowest BCUT2D eigenvalue weighted by Gasteiger charge is -2.38. The number of ether oxygens (including phenoxy) is 9. The molecule has 20 nitrogen and oxygen atoms in total. The van der Waals surface area contributed by atoms with Gasteiger partial charge in [0.05, 0.1) is 122 Å². The largest absolute Gasteiger partial charge is 0.458 e. The van der Waals surface area contributed by atoms with Crippen molar-refractivity contribution in [3.8, 4) is 0 Å². The van der Waals surface area contributed by atoms with Crippen molar-refractivity contribution in [2.75, 3.05) is 21.3 Å². The van der Waals surface area contributed by atoms with Gasteiger partial charge in [-0.15, -0.1) is 0 Å². The summed E-state index contributed by atoms with van der Waals surface area (Å²) in [5.41, 5.74) is 0.433. The second-order valence-corrected chi connectivity index (χ2v) is 29.3. The molecular formula is C73H126O20. The maximum atomic E-state index is 14.1. The zero-order chi connectivity index (χ0) is 69.0. The van der Waals surface area contributed by atoms with Gasteiger partial charge in [-0.25, -0.2) is 9.59 Å². The van der Waals surface area contributed by atoms with E-state index in [4.69, 9.17) is 42.6 Å². The summed E-state index contributed by atoms with van der Waals surface area (Å²) in [5, 5.41) is 106. The second-order valence-electron chi connectivity index (χ2n) is 29.3. The van der Waals surface area contributed by atoms with Gasteiger partial charge in [-0.3, -0.25) is 0 Å². The summed E-state index contributed by atoms with van der Waals surface area (Å²) >= 11 is 0. The molecule has 4 bridgehead atoms. The number of fused-ring (bicyclic) bond motifs is 4. The van der Waals surface area contributed by atoms with Gasteiger partial charge >= 0.3 is 11.9 Å². The SMILES string of the molecule is COC1CC(C)OC(CCC(C)C(O)C(C)C2OC(=O)C(C)=CCC(O)CC3C=CCC(CC(OC)C(C)C(O)CC(O)C(C)C(C(C)C(O)C(C)CCC4CC(OC)CC(C)O4)OC(=O)C(C)=CCC(O)CC4C=CCC(CC(O)C(C)C(O)CC(O)C2C)O4)O3)C1. The van der Waals surface area contributed by atoms with Gasteiger partial charge in [-0.2, -0.15) is 0 Å². The molecule has 93 heavy (non-hydrogen) atoms. The van der Waals surface area contributed by atoms with E-state index in [9.17, 15) is 55.5 Å². The molecule has 30 atom stereocenters. The van der Waals surface area contributed by atoms with Crippen LogP contribution in [0.4, 0.5) is 0 Å². The molecule has 20 heteroatoms. The van der Waals surface area contributed by atoms with Gasteiger partial charge in [-0.05, 0) is 129 Å². The topological polar surface area (TPSA) is 299 Å². The standard InChI is InChI=1S/C73H126O20/c1-40(24-28-58-34-60(85-13)30-44(5)88-58)68(81)50(11)70-48(9)65(79)38-63(77)46(7)62(76)36-56-20-16-18-54(90-56)32-52(74)26-22-42(3)73(84)93-71(51(12)69(82)41(2)25-29-59-35-61(86-14)31-45(6)89-59)49(10)66(80)39-64(78)47(8)67(87-15)37-57-21-17-19-55(91-57)33-53(75)27-23-43(4)72(83)92-70/h16-19,22-23,40-41,44-71,74-82H,20-21,24-39H2,1-15H3. The Morgan fingerprint density at radius 1 is 0.462 bits per heavy atom. The molecule has 5 heterocycles. The molecule has 0 spiro atoms. The van der Waals surface area contributed by atoms with Crippen LogP contribution in [0.5, 0.6) is 0 Å². The number of rotatable bonds is 15. The average molecular weight is 1320 g/mol. The van der Waals surface area contributed by atoms with Crippen molar-refractivity contribution < 1.29 is 98.2 Å². The number of esters is 2. The van der Waals surface area contributed by atoms with Gasteiger partial charge in [0.2, 0.25) is 0 Å². The Hall–Kier alpha value is -2.74. The number of cyclic esters (lactones) is 2. The lowest BCUT2D eigenvalue weighted by molar-refractivity contribution is -0.160. The minimum absolute atomic E-state index is 0.0380. The lowest BCUT2D eigenvalue weighted by Crippen LogP contribution is -2.46. The Morgan fingerprint density at radius 2 is 0.839 bits per heavy atom. The summed E-state index contributed by atoms with van der Waals surface area (Å²) in [6.07, 6.45) is 4.62. The zero-order valence-corrected chi connectivity index (χ0v) is 59.0. The highest BCUT2D eigenvalue weighted by atomic mass is 16.6. The third-order valence-corrected chi connectivity index (χ3v) is 21.6. The van der Waals surface area contributed by atoms with Crippen LogP contribution in [0, 0.1) is 47.3 Å². The number of carbonyl (C=O) groups excluding carboxylic acids is 2. The Bertz CT molecular complexity index is 2300. The molecule has 538 valence electrons. The number of hydrogen-bond acceptors (Lipinski definition) is 20. The summed E-state index contributed by atoms with van der Waals surface area (Å²) < 4.78 is 55.2. The Morgan fingerprint density at radius 3 is 1.24 bits per heavy atom. The van der Waals surface area contributed by atoms with E-state index in [1.807, 2.05) is 58.9 Å². The number of methoxy groups -OCH3 is 3. The fourth-order valence-corrected chi connectivity index (χ4v) is 14.8. The molecule has 2 fully saturated rings. The van der Waals surface area contributed by atoms with Gasteiger partial charge in [0, 0.05) is 93.7 Å². The molecule has 2 saturated heterocycles. The van der Waals surface area contributed by atoms with Crippen molar-refractivity contribution in [3.63, 3.8) is 0 Å². The molecule has 0 saturated carbocycles. The van der Waals surface area contributed by atoms with Crippen molar-refractivity contribution >= 4 is 11.9 Å². The van der Waals surface area contributed by atoms with Crippen LogP contribution >= 0.6 is 0 Å². The van der Waals surface area contributed by atoms with Crippen LogP contribution in [-0.4, -0.2) is 214 Å². The van der Waals surface area contributed by atoms with Gasteiger partial charge in [-0.1, -0.05) is 91.8 Å². The Balaban J connectivity index is 1.36. The fraction of sp³-hybridized carbons (Fsp3) is 0.863. The van der Waals surface area contributed by atoms with E-state index < -0.39 is 139 Å². The van der Waals surface area contributed by atoms with Gasteiger partial charge < -0.3 is 88.6 Å². The maximum absolute atomic E-state index is 14.1. The summed E-state index contributed by atoms with van der Waals surface area (Å²) in [7, 11) is 4.98. The smallest absolute Gasteiger partial charge is 0.333 e. The van der Waals surface area contributed by atoms with Crippen LogP contribution in [0.25, 0.3) is 0 Å². The highest BCUT2D eigenvalue weighted by Gasteiger charge is 2.43.